The Kier molecular flexibility index (Phi) is 5.27. The van der Waals surface area contributed by atoms with E-state index in [0.717, 1.165) is 39.8 Å². The summed E-state index contributed by atoms with van der Waals surface area (Å²) in [6.07, 6.45) is 8.18. The number of anilines is 3. The average Bonchev–Trinajstić information content (AvgIpc) is 3.45. The molecular weight excluding hydrogens is 394 g/mol. The molecule has 7 heteroatoms. The van der Waals surface area contributed by atoms with E-state index in [0.29, 0.717) is 6.04 Å². The van der Waals surface area contributed by atoms with Gasteiger partial charge in [0.25, 0.3) is 0 Å². The van der Waals surface area contributed by atoms with E-state index in [-0.39, 0.29) is 0 Å². The molecule has 30 heavy (non-hydrogen) atoms. The van der Waals surface area contributed by atoms with Crippen molar-refractivity contribution in [2.75, 3.05) is 17.7 Å². The molecule has 1 aliphatic carbocycles. The van der Waals surface area contributed by atoms with E-state index in [2.05, 4.69) is 38.5 Å². The number of nitrogens with zero attached hydrogens (tertiary/aromatic N) is 3. The molecule has 3 aromatic heterocycles. The van der Waals surface area contributed by atoms with E-state index >= 15 is 0 Å². The molecule has 0 bridgehead atoms. The number of nitrogens with one attached hydrogen (secondary N) is 2. The highest BCUT2D eigenvalue weighted by atomic mass is 32.1. The van der Waals surface area contributed by atoms with Gasteiger partial charge < -0.3 is 15.4 Å². The van der Waals surface area contributed by atoms with Crippen LogP contribution in [0.2, 0.25) is 0 Å². The number of fused-ring (bicyclic) bond motifs is 1. The lowest BCUT2D eigenvalue weighted by molar-refractivity contribution is 0.415. The molecular formula is C23H25N5OS. The summed E-state index contributed by atoms with van der Waals surface area (Å²) >= 11 is 1.68. The lowest BCUT2D eigenvalue weighted by Crippen LogP contribution is -2.23. The number of imidazole rings is 1. The molecule has 0 unspecified atom stereocenters. The summed E-state index contributed by atoms with van der Waals surface area (Å²) < 4.78 is 7.22. The Balaban J connectivity index is 1.54. The van der Waals surface area contributed by atoms with E-state index in [1.165, 1.54) is 32.1 Å². The van der Waals surface area contributed by atoms with Crippen LogP contribution in [0.25, 0.3) is 16.9 Å². The van der Waals surface area contributed by atoms with Crippen molar-refractivity contribution < 1.29 is 4.74 Å². The van der Waals surface area contributed by atoms with Gasteiger partial charge in [0.15, 0.2) is 5.65 Å². The maximum absolute atomic E-state index is 5.27. The van der Waals surface area contributed by atoms with Crippen molar-refractivity contribution in [1.29, 1.82) is 0 Å². The summed E-state index contributed by atoms with van der Waals surface area (Å²) in [5.74, 6) is 1.71. The van der Waals surface area contributed by atoms with Gasteiger partial charge in [-0.2, -0.15) is 11.3 Å². The molecule has 6 nitrogen and oxygen atoms in total. The van der Waals surface area contributed by atoms with Gasteiger partial charge in [0.05, 0.1) is 24.7 Å². The zero-order valence-corrected chi connectivity index (χ0v) is 17.8. The zero-order valence-electron chi connectivity index (χ0n) is 17.0. The van der Waals surface area contributed by atoms with Crippen LogP contribution in [0.4, 0.5) is 17.2 Å². The molecule has 2 N–H and O–H groups in total. The maximum atomic E-state index is 5.27. The first-order valence-electron chi connectivity index (χ1n) is 10.4. The molecule has 1 saturated carbocycles. The van der Waals surface area contributed by atoms with Crippen LogP contribution >= 0.6 is 11.3 Å². The number of ether oxygens (including phenoxy) is 1. The van der Waals surface area contributed by atoms with E-state index < -0.39 is 0 Å². The second kappa shape index (κ2) is 8.36. The third-order valence-electron chi connectivity index (χ3n) is 5.61. The van der Waals surface area contributed by atoms with Gasteiger partial charge in [-0.1, -0.05) is 19.3 Å². The molecule has 5 rings (SSSR count). The predicted octanol–water partition coefficient (Wildman–Crippen LogP) is 5.95. The highest BCUT2D eigenvalue weighted by Gasteiger charge is 2.17. The molecule has 0 amide bonds. The van der Waals surface area contributed by atoms with Crippen molar-refractivity contribution in [3.63, 3.8) is 0 Å². The molecule has 1 aromatic carbocycles. The van der Waals surface area contributed by atoms with Crippen molar-refractivity contribution in [3.05, 3.63) is 53.4 Å². The van der Waals surface area contributed by atoms with Gasteiger partial charge in [0, 0.05) is 28.7 Å². The van der Waals surface area contributed by atoms with Crippen molar-refractivity contribution in [2.45, 2.75) is 38.1 Å². The minimum Gasteiger partial charge on any atom is -0.497 e. The number of aromatic nitrogens is 3. The van der Waals surface area contributed by atoms with Crippen molar-refractivity contribution in [2.24, 2.45) is 0 Å². The van der Waals surface area contributed by atoms with Crippen LogP contribution in [0.15, 0.2) is 53.4 Å². The topological polar surface area (TPSA) is 63.5 Å². The summed E-state index contributed by atoms with van der Waals surface area (Å²) in [6, 6.07) is 12.6. The molecule has 0 radical (unpaired) electrons. The molecule has 0 atom stereocenters. The van der Waals surface area contributed by atoms with Gasteiger partial charge in [0.1, 0.15) is 11.6 Å². The third-order valence-corrected chi connectivity index (χ3v) is 6.29. The lowest BCUT2D eigenvalue weighted by atomic mass is 9.95. The predicted molar refractivity (Wildman–Crippen MR) is 123 cm³/mol. The first kappa shape index (κ1) is 18.9. The van der Waals surface area contributed by atoms with Crippen LogP contribution < -0.4 is 15.4 Å². The van der Waals surface area contributed by atoms with Gasteiger partial charge in [-0.05, 0) is 48.6 Å². The first-order valence-corrected chi connectivity index (χ1v) is 11.3. The van der Waals surface area contributed by atoms with Crippen molar-refractivity contribution in [1.82, 2.24) is 14.6 Å². The van der Waals surface area contributed by atoms with Crippen LogP contribution in [0, 0.1) is 0 Å². The summed E-state index contributed by atoms with van der Waals surface area (Å²) in [4.78, 5) is 4.68. The Morgan fingerprint density at radius 2 is 1.93 bits per heavy atom. The fraction of sp³-hybridized carbons (Fsp3) is 0.304. The quantitative estimate of drug-likeness (QED) is 0.404. The molecule has 0 saturated heterocycles. The smallest absolute Gasteiger partial charge is 0.178 e. The van der Waals surface area contributed by atoms with E-state index in [1.54, 1.807) is 18.4 Å². The highest BCUT2D eigenvalue weighted by Crippen LogP contribution is 2.30. The van der Waals surface area contributed by atoms with Crippen molar-refractivity contribution in [3.8, 4) is 17.0 Å². The van der Waals surface area contributed by atoms with Crippen LogP contribution in [0.3, 0.4) is 0 Å². The molecule has 1 fully saturated rings. The van der Waals surface area contributed by atoms with Gasteiger partial charge in [-0.25, -0.2) is 9.50 Å². The fourth-order valence-electron chi connectivity index (χ4n) is 4.02. The maximum Gasteiger partial charge on any atom is 0.178 e. The average molecular weight is 420 g/mol. The Morgan fingerprint density at radius 3 is 2.67 bits per heavy atom. The minimum absolute atomic E-state index is 0.477. The van der Waals surface area contributed by atoms with Crippen LogP contribution in [0.1, 0.15) is 32.1 Å². The van der Waals surface area contributed by atoms with E-state index in [4.69, 9.17) is 9.84 Å². The monoisotopic (exact) mass is 419 g/mol. The van der Waals surface area contributed by atoms with Crippen LogP contribution in [-0.2, 0) is 0 Å². The number of hydrogen-bond donors (Lipinski definition) is 2. The Hall–Kier alpha value is -3.06. The minimum atomic E-state index is 0.477. The molecule has 1 aliphatic rings. The Morgan fingerprint density at radius 1 is 1.10 bits per heavy atom. The van der Waals surface area contributed by atoms with Gasteiger partial charge in [-0.3, -0.25) is 0 Å². The highest BCUT2D eigenvalue weighted by molar-refractivity contribution is 7.08. The number of benzene rings is 1. The van der Waals surface area contributed by atoms with Crippen LogP contribution in [0.5, 0.6) is 5.75 Å². The Bertz CT molecular complexity index is 1110. The summed E-state index contributed by atoms with van der Waals surface area (Å²) in [6.45, 7) is 0. The molecule has 4 aromatic rings. The number of rotatable bonds is 6. The third kappa shape index (κ3) is 3.85. The summed E-state index contributed by atoms with van der Waals surface area (Å²) in [5.41, 5.74) is 4.84. The molecule has 0 aliphatic heterocycles. The fourth-order valence-corrected chi connectivity index (χ4v) is 4.67. The van der Waals surface area contributed by atoms with Gasteiger partial charge >= 0.3 is 0 Å². The zero-order chi connectivity index (χ0) is 20.3. The van der Waals surface area contributed by atoms with E-state index in [9.17, 15) is 0 Å². The SMILES string of the molecule is COc1ccc(Nc2cc(NC3CCCCC3)nn3c(-c4ccsc4)cnc23)cc1. The molecule has 154 valence electrons. The second-order valence-corrected chi connectivity index (χ2v) is 8.45. The molecule has 0 spiro atoms. The molecule has 3 heterocycles. The summed E-state index contributed by atoms with van der Waals surface area (Å²) in [7, 11) is 1.68. The Labute approximate surface area is 179 Å². The standard InChI is InChI=1S/C23H25N5OS/c1-29-19-9-7-18(8-10-19)25-20-13-22(26-17-5-3-2-4-6-17)27-28-21(14-24-23(20)28)16-11-12-30-15-16/h7-15,17,25H,2-6H2,1H3,(H,26,27). The number of methoxy groups -OCH3 is 1. The van der Waals surface area contributed by atoms with Crippen molar-refractivity contribution >= 4 is 34.2 Å². The lowest BCUT2D eigenvalue weighted by Gasteiger charge is -2.23. The van der Waals surface area contributed by atoms with Gasteiger partial charge in [-0.15, -0.1) is 5.10 Å². The largest absolute Gasteiger partial charge is 0.497 e. The first-order chi connectivity index (χ1) is 14.8. The van der Waals surface area contributed by atoms with Crippen LogP contribution in [-0.4, -0.2) is 27.7 Å². The summed E-state index contributed by atoms with van der Waals surface area (Å²) in [5, 5.41) is 16.3. The normalized spacial score (nSPS) is 14.7. The number of hydrogen-bond acceptors (Lipinski definition) is 6. The number of thiophene rings is 1. The van der Waals surface area contributed by atoms with E-state index in [1.807, 2.05) is 35.0 Å². The second-order valence-electron chi connectivity index (χ2n) is 7.67. The van der Waals surface area contributed by atoms with Gasteiger partial charge in [0.2, 0.25) is 0 Å².